The molecule has 1 fully saturated rings. The minimum Gasteiger partial charge on any atom is -0.361 e. The Balaban J connectivity index is 1.80. The lowest BCUT2D eigenvalue weighted by molar-refractivity contribution is 0.836. The van der Waals surface area contributed by atoms with Crippen LogP contribution in [0.25, 0.3) is 0 Å². The first kappa shape index (κ1) is 12.3. The van der Waals surface area contributed by atoms with E-state index in [9.17, 15) is 4.79 Å². The number of thiazole rings is 1. The van der Waals surface area contributed by atoms with Crippen molar-refractivity contribution in [1.82, 2.24) is 15.0 Å². The van der Waals surface area contributed by atoms with Crippen molar-refractivity contribution < 1.29 is 0 Å². The second-order valence-corrected chi connectivity index (χ2v) is 5.87. The highest BCUT2D eigenvalue weighted by Gasteiger charge is 2.26. The van der Waals surface area contributed by atoms with Crippen LogP contribution in [0.3, 0.4) is 0 Å². The van der Waals surface area contributed by atoms with E-state index in [4.69, 9.17) is 0 Å². The summed E-state index contributed by atoms with van der Waals surface area (Å²) in [7, 11) is 0. The van der Waals surface area contributed by atoms with E-state index in [1.807, 2.05) is 19.2 Å². The van der Waals surface area contributed by atoms with E-state index in [0.29, 0.717) is 11.7 Å². The number of aryl methyl sites for hydroxylation is 1. The van der Waals surface area contributed by atoms with Crippen LogP contribution in [0.2, 0.25) is 0 Å². The number of rotatable bonds is 4. The van der Waals surface area contributed by atoms with Crippen molar-refractivity contribution >= 4 is 17.2 Å². The summed E-state index contributed by atoms with van der Waals surface area (Å²) >= 11 is 1.62. The quantitative estimate of drug-likeness (QED) is 0.900. The van der Waals surface area contributed by atoms with Crippen molar-refractivity contribution in [2.75, 3.05) is 5.32 Å². The number of aromatic nitrogens is 3. The van der Waals surface area contributed by atoms with Crippen LogP contribution in [0.5, 0.6) is 0 Å². The Morgan fingerprint density at radius 1 is 1.47 bits per heavy atom. The Labute approximate surface area is 115 Å². The van der Waals surface area contributed by atoms with Crippen LogP contribution in [0, 0.1) is 6.92 Å². The van der Waals surface area contributed by atoms with Crippen LogP contribution < -0.4 is 10.9 Å². The van der Waals surface area contributed by atoms with E-state index in [1.165, 1.54) is 6.07 Å². The third-order valence-corrected chi connectivity index (χ3v) is 4.24. The molecule has 1 aliphatic carbocycles. The molecular weight excluding hydrogens is 260 g/mol. The molecule has 6 heteroatoms. The maximum absolute atomic E-state index is 11.6. The van der Waals surface area contributed by atoms with Gasteiger partial charge in [-0.25, -0.2) is 9.97 Å². The van der Waals surface area contributed by atoms with E-state index in [1.54, 1.807) is 11.3 Å². The molecule has 3 rings (SSSR count). The van der Waals surface area contributed by atoms with Crippen LogP contribution in [0.1, 0.15) is 48.3 Å². The summed E-state index contributed by atoms with van der Waals surface area (Å²) < 4.78 is 0. The summed E-state index contributed by atoms with van der Waals surface area (Å²) in [6.07, 6.45) is 2.24. The van der Waals surface area contributed by atoms with E-state index >= 15 is 0 Å². The van der Waals surface area contributed by atoms with Gasteiger partial charge in [-0.3, -0.25) is 4.79 Å². The molecule has 0 bridgehead atoms. The molecule has 2 heterocycles. The van der Waals surface area contributed by atoms with Gasteiger partial charge in [0.1, 0.15) is 16.6 Å². The molecule has 1 aliphatic rings. The Morgan fingerprint density at radius 3 is 2.89 bits per heavy atom. The first-order valence-electron chi connectivity index (χ1n) is 6.41. The topological polar surface area (TPSA) is 70.7 Å². The molecule has 2 aromatic rings. The van der Waals surface area contributed by atoms with Gasteiger partial charge in [-0.1, -0.05) is 0 Å². The zero-order valence-electron chi connectivity index (χ0n) is 10.9. The number of nitrogens with zero attached hydrogens (tertiary/aromatic N) is 2. The smallest absolute Gasteiger partial charge is 0.252 e. The van der Waals surface area contributed by atoms with Gasteiger partial charge in [-0.05, 0) is 26.7 Å². The average Bonchev–Trinajstić information content (AvgIpc) is 3.11. The number of H-pyrrole nitrogens is 1. The predicted octanol–water partition coefficient (Wildman–Crippen LogP) is 2.59. The molecule has 1 saturated carbocycles. The number of anilines is 1. The van der Waals surface area contributed by atoms with Gasteiger partial charge in [0.15, 0.2) is 0 Å². The molecule has 19 heavy (non-hydrogen) atoms. The highest BCUT2D eigenvalue weighted by Crippen LogP contribution is 2.37. The van der Waals surface area contributed by atoms with Crippen LogP contribution in [0.15, 0.2) is 16.2 Å². The molecule has 1 unspecified atom stereocenters. The highest BCUT2D eigenvalue weighted by atomic mass is 32.1. The number of hydrogen-bond donors (Lipinski definition) is 2. The second kappa shape index (κ2) is 4.77. The molecule has 0 aromatic carbocycles. The first-order valence-corrected chi connectivity index (χ1v) is 7.29. The van der Waals surface area contributed by atoms with E-state index < -0.39 is 0 Å². The zero-order valence-corrected chi connectivity index (χ0v) is 11.8. The summed E-state index contributed by atoms with van der Waals surface area (Å²) in [6.45, 7) is 4.00. The fourth-order valence-corrected chi connectivity index (χ4v) is 2.76. The molecule has 2 N–H and O–H groups in total. The van der Waals surface area contributed by atoms with Crippen LogP contribution in [0.4, 0.5) is 5.82 Å². The van der Waals surface area contributed by atoms with Gasteiger partial charge in [0, 0.05) is 23.1 Å². The normalized spacial score (nSPS) is 16.3. The average molecular weight is 276 g/mol. The van der Waals surface area contributed by atoms with E-state index in [0.717, 1.165) is 29.4 Å². The predicted molar refractivity (Wildman–Crippen MR) is 75.7 cm³/mol. The Bertz CT molecular complexity index is 644. The minimum absolute atomic E-state index is 0.0556. The monoisotopic (exact) mass is 276 g/mol. The molecule has 0 radical (unpaired) electrons. The molecule has 5 nitrogen and oxygen atoms in total. The van der Waals surface area contributed by atoms with Crippen molar-refractivity contribution in [1.29, 1.82) is 0 Å². The SMILES string of the molecule is Cc1csc(C(C)Nc2cc(=O)[nH]c(C3CC3)n2)n1. The Kier molecular flexibility index (Phi) is 3.10. The van der Waals surface area contributed by atoms with Crippen molar-refractivity contribution in [2.45, 2.75) is 38.6 Å². The number of hydrogen-bond acceptors (Lipinski definition) is 5. The molecule has 100 valence electrons. The van der Waals surface area contributed by atoms with E-state index in [-0.39, 0.29) is 11.6 Å². The van der Waals surface area contributed by atoms with Crippen molar-refractivity contribution in [3.63, 3.8) is 0 Å². The second-order valence-electron chi connectivity index (χ2n) is 4.98. The first-order chi connectivity index (χ1) is 9.11. The van der Waals surface area contributed by atoms with Gasteiger partial charge in [0.25, 0.3) is 5.56 Å². The zero-order chi connectivity index (χ0) is 13.4. The molecule has 0 amide bonds. The fraction of sp³-hybridized carbons (Fsp3) is 0.462. The fourth-order valence-electron chi connectivity index (χ4n) is 1.96. The van der Waals surface area contributed by atoms with E-state index in [2.05, 4.69) is 20.3 Å². The highest BCUT2D eigenvalue weighted by molar-refractivity contribution is 7.09. The van der Waals surface area contributed by atoms with Gasteiger partial charge < -0.3 is 10.3 Å². The summed E-state index contributed by atoms with van der Waals surface area (Å²) in [5, 5.41) is 6.28. The van der Waals surface area contributed by atoms with Crippen LogP contribution in [-0.4, -0.2) is 15.0 Å². The Hall–Kier alpha value is -1.69. The minimum atomic E-state index is -0.0954. The van der Waals surface area contributed by atoms with Gasteiger partial charge in [0.05, 0.1) is 6.04 Å². The summed E-state index contributed by atoms with van der Waals surface area (Å²) in [5.74, 6) is 1.87. The standard InChI is InChI=1S/C13H16N4OS/c1-7-6-19-13(14-7)8(2)15-10-5-11(18)17-12(16-10)9-3-4-9/h5-6,8-9H,3-4H2,1-2H3,(H2,15,16,17,18). The molecule has 2 aromatic heterocycles. The molecule has 0 aliphatic heterocycles. The third kappa shape index (κ3) is 2.84. The lowest BCUT2D eigenvalue weighted by Crippen LogP contribution is -2.15. The lowest BCUT2D eigenvalue weighted by Gasteiger charge is -2.12. The Morgan fingerprint density at radius 2 is 2.26 bits per heavy atom. The molecule has 1 atom stereocenters. The lowest BCUT2D eigenvalue weighted by atomic mass is 10.3. The maximum Gasteiger partial charge on any atom is 0.252 e. The van der Waals surface area contributed by atoms with Crippen LogP contribution in [-0.2, 0) is 0 Å². The van der Waals surface area contributed by atoms with Crippen molar-refractivity contribution in [3.05, 3.63) is 38.3 Å². The van der Waals surface area contributed by atoms with Crippen LogP contribution >= 0.6 is 11.3 Å². The van der Waals surface area contributed by atoms with Gasteiger partial charge in [0.2, 0.25) is 0 Å². The summed E-state index contributed by atoms with van der Waals surface area (Å²) in [5.41, 5.74) is 0.924. The molecular formula is C13H16N4OS. The largest absolute Gasteiger partial charge is 0.361 e. The molecule has 0 spiro atoms. The summed E-state index contributed by atoms with van der Waals surface area (Å²) in [4.78, 5) is 23.3. The summed E-state index contributed by atoms with van der Waals surface area (Å²) in [6, 6.07) is 1.56. The number of aromatic amines is 1. The van der Waals surface area contributed by atoms with Gasteiger partial charge in [-0.2, -0.15) is 0 Å². The maximum atomic E-state index is 11.6. The number of nitrogens with one attached hydrogen (secondary N) is 2. The van der Waals surface area contributed by atoms with Crippen molar-refractivity contribution in [3.8, 4) is 0 Å². The van der Waals surface area contributed by atoms with Crippen molar-refractivity contribution in [2.24, 2.45) is 0 Å². The third-order valence-electron chi connectivity index (χ3n) is 3.10. The van der Waals surface area contributed by atoms with Gasteiger partial charge >= 0.3 is 0 Å². The van der Waals surface area contributed by atoms with Gasteiger partial charge in [-0.15, -0.1) is 11.3 Å². The molecule has 0 saturated heterocycles.